The Morgan fingerprint density at radius 1 is 0.955 bits per heavy atom. The molecule has 1 aromatic heterocycles. The van der Waals surface area contributed by atoms with Crippen LogP contribution in [-0.4, -0.2) is 23.8 Å². The fraction of sp³-hybridized carbons (Fsp3) is 0.176. The van der Waals surface area contributed by atoms with Gasteiger partial charge in [-0.05, 0) is 18.2 Å². The van der Waals surface area contributed by atoms with Gasteiger partial charge in [-0.2, -0.15) is 4.98 Å². The highest BCUT2D eigenvalue weighted by Crippen LogP contribution is 2.39. The average molecular weight is 296 g/mol. The predicted molar refractivity (Wildman–Crippen MR) is 85.5 cm³/mol. The van der Waals surface area contributed by atoms with E-state index in [0.29, 0.717) is 22.8 Å². The molecule has 5 heteroatoms. The highest BCUT2D eigenvalue weighted by Gasteiger charge is 2.18. The van der Waals surface area contributed by atoms with E-state index in [-0.39, 0.29) is 5.69 Å². The van der Waals surface area contributed by atoms with E-state index >= 15 is 0 Å². The third kappa shape index (κ3) is 2.11. The average Bonchev–Trinajstić information content (AvgIpc) is 2.57. The summed E-state index contributed by atoms with van der Waals surface area (Å²) < 4.78 is 12.4. The van der Waals surface area contributed by atoms with E-state index in [0.717, 1.165) is 10.9 Å². The lowest BCUT2D eigenvalue weighted by Gasteiger charge is -2.15. The normalized spacial score (nSPS) is 10.7. The van der Waals surface area contributed by atoms with E-state index in [2.05, 4.69) is 4.98 Å². The minimum atomic E-state index is -0.318. The molecule has 0 bridgehead atoms. The summed E-state index contributed by atoms with van der Waals surface area (Å²) in [5.74, 6) is 1.23. The number of nitrogens with zero attached hydrogens (tertiary/aromatic N) is 2. The van der Waals surface area contributed by atoms with E-state index in [1.54, 1.807) is 21.3 Å². The van der Waals surface area contributed by atoms with E-state index in [1.807, 2.05) is 42.5 Å². The van der Waals surface area contributed by atoms with Crippen molar-refractivity contribution in [2.75, 3.05) is 14.2 Å². The molecule has 0 unspecified atom stereocenters. The Hall–Kier alpha value is -2.82. The van der Waals surface area contributed by atoms with Crippen molar-refractivity contribution in [2.24, 2.45) is 7.05 Å². The van der Waals surface area contributed by atoms with Crippen LogP contribution in [-0.2, 0) is 7.05 Å². The van der Waals surface area contributed by atoms with E-state index in [4.69, 9.17) is 9.47 Å². The number of rotatable bonds is 3. The van der Waals surface area contributed by atoms with Gasteiger partial charge >= 0.3 is 5.69 Å². The molecular formula is C17H16N2O3. The summed E-state index contributed by atoms with van der Waals surface area (Å²) in [4.78, 5) is 16.4. The van der Waals surface area contributed by atoms with Gasteiger partial charge in [-0.25, -0.2) is 4.79 Å². The summed E-state index contributed by atoms with van der Waals surface area (Å²) in [5, 5.41) is 0.868. The number of hydrogen-bond donors (Lipinski definition) is 0. The standard InChI is InChI=1S/C17H16N2O3/c1-19-12-8-5-4-7-11(12)16(18-17(19)20)15-13(21-2)9-6-10-14(15)22-3/h4-10H,1-3H3. The number of hydrogen-bond acceptors (Lipinski definition) is 4. The van der Waals surface area contributed by atoms with E-state index < -0.39 is 0 Å². The zero-order valence-electron chi connectivity index (χ0n) is 12.7. The van der Waals surface area contributed by atoms with Crippen molar-refractivity contribution in [1.29, 1.82) is 0 Å². The van der Waals surface area contributed by atoms with Crippen LogP contribution >= 0.6 is 0 Å². The molecule has 112 valence electrons. The van der Waals surface area contributed by atoms with Crippen LogP contribution in [0.15, 0.2) is 47.3 Å². The Labute approximate surface area is 127 Å². The van der Waals surface area contributed by atoms with Crippen molar-refractivity contribution in [3.63, 3.8) is 0 Å². The Morgan fingerprint density at radius 3 is 2.23 bits per heavy atom. The first kappa shape index (κ1) is 14.1. The molecule has 3 rings (SSSR count). The highest BCUT2D eigenvalue weighted by atomic mass is 16.5. The molecule has 0 fully saturated rings. The Balaban J connectivity index is 2.47. The van der Waals surface area contributed by atoms with Gasteiger partial charge < -0.3 is 9.47 Å². The van der Waals surface area contributed by atoms with E-state index in [1.165, 1.54) is 4.57 Å². The summed E-state index contributed by atoms with van der Waals surface area (Å²) in [6.07, 6.45) is 0. The van der Waals surface area contributed by atoms with Crippen molar-refractivity contribution in [3.05, 3.63) is 52.9 Å². The second-order valence-electron chi connectivity index (χ2n) is 4.86. The maximum Gasteiger partial charge on any atom is 0.348 e. The number of para-hydroxylation sites is 1. The first-order valence-corrected chi connectivity index (χ1v) is 6.84. The van der Waals surface area contributed by atoms with Crippen LogP contribution in [0.2, 0.25) is 0 Å². The van der Waals surface area contributed by atoms with Gasteiger partial charge in [0, 0.05) is 12.4 Å². The van der Waals surface area contributed by atoms with Crippen LogP contribution in [0.4, 0.5) is 0 Å². The maximum atomic E-state index is 12.2. The molecule has 3 aromatic rings. The van der Waals surface area contributed by atoms with Crippen LogP contribution in [0.5, 0.6) is 11.5 Å². The molecule has 0 aliphatic rings. The highest BCUT2D eigenvalue weighted by molar-refractivity contribution is 5.95. The zero-order valence-corrected chi connectivity index (χ0v) is 12.7. The molecule has 0 saturated carbocycles. The number of fused-ring (bicyclic) bond motifs is 1. The van der Waals surface area contributed by atoms with Crippen molar-refractivity contribution in [2.45, 2.75) is 0 Å². The fourth-order valence-corrected chi connectivity index (χ4v) is 2.58. The smallest absolute Gasteiger partial charge is 0.348 e. The largest absolute Gasteiger partial charge is 0.496 e. The molecule has 0 radical (unpaired) electrons. The van der Waals surface area contributed by atoms with Crippen LogP contribution in [0, 0.1) is 0 Å². The van der Waals surface area contributed by atoms with Gasteiger partial charge in [0.25, 0.3) is 0 Å². The third-order valence-electron chi connectivity index (χ3n) is 3.68. The van der Waals surface area contributed by atoms with Crippen LogP contribution in [0.3, 0.4) is 0 Å². The maximum absolute atomic E-state index is 12.2. The van der Waals surface area contributed by atoms with Crippen LogP contribution in [0.25, 0.3) is 22.2 Å². The molecule has 0 N–H and O–H groups in total. The molecule has 0 aliphatic heterocycles. The van der Waals surface area contributed by atoms with Crippen molar-refractivity contribution < 1.29 is 9.47 Å². The Morgan fingerprint density at radius 2 is 1.59 bits per heavy atom. The lowest BCUT2D eigenvalue weighted by molar-refractivity contribution is 0.397. The van der Waals surface area contributed by atoms with Crippen LogP contribution < -0.4 is 15.2 Å². The van der Waals surface area contributed by atoms with Gasteiger partial charge in [0.1, 0.15) is 11.5 Å². The predicted octanol–water partition coefficient (Wildman–Crippen LogP) is 2.62. The molecule has 1 heterocycles. The topological polar surface area (TPSA) is 53.4 Å². The van der Waals surface area contributed by atoms with Gasteiger partial charge in [-0.15, -0.1) is 0 Å². The minimum Gasteiger partial charge on any atom is -0.496 e. The van der Waals surface area contributed by atoms with Crippen molar-refractivity contribution >= 4 is 10.9 Å². The molecule has 22 heavy (non-hydrogen) atoms. The van der Waals surface area contributed by atoms with Crippen molar-refractivity contribution in [1.82, 2.24) is 9.55 Å². The number of aromatic nitrogens is 2. The SMILES string of the molecule is COc1cccc(OC)c1-c1nc(=O)n(C)c2ccccc12. The second kappa shape index (κ2) is 5.52. The Kier molecular flexibility index (Phi) is 3.55. The van der Waals surface area contributed by atoms with Gasteiger partial charge in [0.05, 0.1) is 31.0 Å². The van der Waals surface area contributed by atoms with Gasteiger partial charge in [0.15, 0.2) is 0 Å². The first-order chi connectivity index (χ1) is 10.7. The first-order valence-electron chi connectivity index (χ1n) is 6.84. The monoisotopic (exact) mass is 296 g/mol. The molecular weight excluding hydrogens is 280 g/mol. The number of ether oxygens (including phenoxy) is 2. The lowest BCUT2D eigenvalue weighted by atomic mass is 10.0. The molecule has 2 aromatic carbocycles. The van der Waals surface area contributed by atoms with Crippen molar-refractivity contribution in [3.8, 4) is 22.8 Å². The zero-order chi connectivity index (χ0) is 15.7. The third-order valence-corrected chi connectivity index (χ3v) is 3.68. The molecule has 0 amide bonds. The summed E-state index contributed by atoms with van der Waals surface area (Å²) in [6, 6.07) is 13.1. The quantitative estimate of drug-likeness (QED) is 0.745. The molecule has 0 saturated heterocycles. The van der Waals surface area contributed by atoms with Gasteiger partial charge in [-0.3, -0.25) is 4.57 Å². The minimum absolute atomic E-state index is 0.318. The van der Waals surface area contributed by atoms with E-state index in [9.17, 15) is 4.79 Å². The molecule has 0 atom stereocenters. The Bertz CT molecular complexity index is 878. The summed E-state index contributed by atoms with van der Waals surface area (Å²) in [7, 11) is 4.88. The summed E-state index contributed by atoms with van der Waals surface area (Å²) >= 11 is 0. The summed E-state index contributed by atoms with van der Waals surface area (Å²) in [5.41, 5.74) is 1.74. The number of benzene rings is 2. The molecule has 5 nitrogen and oxygen atoms in total. The fourth-order valence-electron chi connectivity index (χ4n) is 2.58. The number of aryl methyl sites for hydroxylation is 1. The number of methoxy groups -OCH3 is 2. The van der Waals surface area contributed by atoms with Crippen LogP contribution in [0.1, 0.15) is 0 Å². The van der Waals surface area contributed by atoms with Gasteiger partial charge in [0.2, 0.25) is 0 Å². The molecule has 0 aliphatic carbocycles. The second-order valence-corrected chi connectivity index (χ2v) is 4.86. The van der Waals surface area contributed by atoms with Gasteiger partial charge in [-0.1, -0.05) is 24.3 Å². The summed E-state index contributed by atoms with van der Waals surface area (Å²) in [6.45, 7) is 0. The lowest BCUT2D eigenvalue weighted by Crippen LogP contribution is -2.21. The molecule has 0 spiro atoms.